The van der Waals surface area contributed by atoms with Crippen molar-refractivity contribution in [3.63, 3.8) is 0 Å². The molecule has 6 nitrogen and oxygen atoms in total. The van der Waals surface area contributed by atoms with Crippen LogP contribution in [0.3, 0.4) is 0 Å². The molecule has 0 aromatic rings. The highest BCUT2D eigenvalue weighted by Crippen LogP contribution is 2.19. The normalized spacial score (nSPS) is 28.9. The molecular formula is C14H26N4O2. The minimum absolute atomic E-state index is 0.161. The van der Waals surface area contributed by atoms with Crippen LogP contribution in [0.2, 0.25) is 0 Å². The maximum atomic E-state index is 12.6. The molecule has 2 unspecified atom stereocenters. The third-order valence-electron chi connectivity index (χ3n) is 4.25. The second-order valence-corrected chi connectivity index (χ2v) is 6.00. The van der Waals surface area contributed by atoms with Crippen molar-refractivity contribution in [2.75, 3.05) is 39.3 Å². The van der Waals surface area contributed by atoms with Crippen molar-refractivity contribution in [3.05, 3.63) is 0 Å². The number of rotatable bonds is 3. The second-order valence-electron chi connectivity index (χ2n) is 6.00. The van der Waals surface area contributed by atoms with E-state index in [9.17, 15) is 9.59 Å². The Labute approximate surface area is 120 Å². The van der Waals surface area contributed by atoms with E-state index in [2.05, 4.69) is 12.2 Å². The van der Waals surface area contributed by atoms with Gasteiger partial charge in [0.15, 0.2) is 0 Å². The van der Waals surface area contributed by atoms with E-state index in [1.54, 1.807) is 0 Å². The van der Waals surface area contributed by atoms with Gasteiger partial charge in [-0.2, -0.15) is 0 Å². The zero-order valence-electron chi connectivity index (χ0n) is 12.3. The fourth-order valence-corrected chi connectivity index (χ4v) is 3.18. The zero-order chi connectivity index (χ0) is 14.5. The number of amides is 2. The highest BCUT2D eigenvalue weighted by Gasteiger charge is 2.29. The quantitative estimate of drug-likeness (QED) is 0.724. The van der Waals surface area contributed by atoms with Crippen molar-refractivity contribution in [1.82, 2.24) is 15.1 Å². The molecule has 6 heteroatoms. The summed E-state index contributed by atoms with van der Waals surface area (Å²) >= 11 is 0. The second kappa shape index (κ2) is 7.04. The summed E-state index contributed by atoms with van der Waals surface area (Å²) in [4.78, 5) is 27.6. The van der Waals surface area contributed by atoms with Gasteiger partial charge in [0.2, 0.25) is 11.8 Å². The lowest BCUT2D eigenvalue weighted by molar-refractivity contribution is -0.136. The van der Waals surface area contributed by atoms with E-state index in [1.165, 1.54) is 0 Å². The molecule has 2 aliphatic heterocycles. The molecule has 2 aliphatic rings. The predicted molar refractivity (Wildman–Crippen MR) is 77.0 cm³/mol. The van der Waals surface area contributed by atoms with Crippen molar-refractivity contribution >= 4 is 11.8 Å². The van der Waals surface area contributed by atoms with E-state index in [0.717, 1.165) is 45.4 Å². The van der Waals surface area contributed by atoms with Crippen LogP contribution in [0.15, 0.2) is 0 Å². The minimum Gasteiger partial charge on any atom is -0.369 e. The van der Waals surface area contributed by atoms with Gasteiger partial charge in [0, 0.05) is 38.1 Å². The molecule has 2 rings (SSSR count). The number of nitrogens with one attached hydrogen (secondary N) is 1. The summed E-state index contributed by atoms with van der Waals surface area (Å²) in [5.74, 6) is 0.158. The minimum atomic E-state index is -0.294. The maximum absolute atomic E-state index is 12.6. The molecular weight excluding hydrogens is 256 g/mol. The van der Waals surface area contributed by atoms with Crippen LogP contribution in [0, 0.1) is 5.92 Å². The number of hydrogen-bond acceptors (Lipinski definition) is 4. The summed E-state index contributed by atoms with van der Waals surface area (Å²) in [5, 5.41) is 3.38. The molecule has 0 spiro atoms. The molecule has 0 aromatic heterocycles. The van der Waals surface area contributed by atoms with E-state index >= 15 is 0 Å². The predicted octanol–water partition coefficient (Wildman–Crippen LogP) is -0.606. The molecule has 20 heavy (non-hydrogen) atoms. The number of nitrogens with two attached hydrogens (primary N) is 1. The lowest BCUT2D eigenvalue weighted by atomic mass is 9.92. The van der Waals surface area contributed by atoms with E-state index in [-0.39, 0.29) is 11.8 Å². The van der Waals surface area contributed by atoms with Gasteiger partial charge in [0.1, 0.15) is 0 Å². The van der Waals surface area contributed by atoms with Crippen molar-refractivity contribution in [3.8, 4) is 0 Å². The van der Waals surface area contributed by atoms with Crippen LogP contribution in [-0.4, -0.2) is 66.9 Å². The van der Waals surface area contributed by atoms with E-state index < -0.39 is 0 Å². The van der Waals surface area contributed by atoms with E-state index in [0.29, 0.717) is 25.0 Å². The van der Waals surface area contributed by atoms with Crippen LogP contribution in [0.4, 0.5) is 0 Å². The molecule has 2 heterocycles. The highest BCUT2D eigenvalue weighted by molar-refractivity contribution is 5.79. The van der Waals surface area contributed by atoms with Crippen molar-refractivity contribution in [1.29, 1.82) is 0 Å². The van der Waals surface area contributed by atoms with Gasteiger partial charge in [-0.25, -0.2) is 0 Å². The number of piperidine rings is 1. The molecule has 0 aromatic carbocycles. The van der Waals surface area contributed by atoms with Gasteiger partial charge in [-0.05, 0) is 32.7 Å². The monoisotopic (exact) mass is 282 g/mol. The first-order valence-electron chi connectivity index (χ1n) is 7.59. The van der Waals surface area contributed by atoms with Gasteiger partial charge in [-0.1, -0.05) is 0 Å². The van der Waals surface area contributed by atoms with Crippen molar-refractivity contribution in [2.24, 2.45) is 11.7 Å². The Morgan fingerprint density at radius 3 is 2.75 bits per heavy atom. The van der Waals surface area contributed by atoms with Gasteiger partial charge >= 0.3 is 0 Å². The summed E-state index contributed by atoms with van der Waals surface area (Å²) in [6, 6.07) is 0.427. The average Bonchev–Trinajstić information content (AvgIpc) is 2.63. The third-order valence-corrected chi connectivity index (χ3v) is 4.25. The Morgan fingerprint density at radius 2 is 2.05 bits per heavy atom. The maximum Gasteiger partial charge on any atom is 0.231 e. The zero-order valence-corrected chi connectivity index (χ0v) is 12.3. The van der Waals surface area contributed by atoms with Gasteiger partial charge < -0.3 is 16.0 Å². The summed E-state index contributed by atoms with van der Waals surface area (Å²) in [6.45, 7) is 6.46. The number of carbonyl (C=O) groups excluding carboxylic acids is 2. The van der Waals surface area contributed by atoms with Crippen LogP contribution in [0.25, 0.3) is 0 Å². The molecule has 2 amide bonds. The summed E-state index contributed by atoms with van der Waals surface area (Å²) in [6.07, 6.45) is 2.78. The summed E-state index contributed by atoms with van der Waals surface area (Å²) < 4.78 is 0. The molecule has 0 bridgehead atoms. The van der Waals surface area contributed by atoms with Gasteiger partial charge in [-0.15, -0.1) is 0 Å². The van der Waals surface area contributed by atoms with Crippen molar-refractivity contribution < 1.29 is 9.59 Å². The van der Waals surface area contributed by atoms with Gasteiger partial charge in [0.05, 0.1) is 6.54 Å². The Hall–Kier alpha value is -1.14. The number of primary amides is 1. The summed E-state index contributed by atoms with van der Waals surface area (Å²) in [5.41, 5.74) is 5.23. The number of hydrogen-bond donors (Lipinski definition) is 2. The fraction of sp³-hybridized carbons (Fsp3) is 0.857. The molecule has 0 saturated carbocycles. The van der Waals surface area contributed by atoms with Crippen molar-refractivity contribution in [2.45, 2.75) is 32.2 Å². The van der Waals surface area contributed by atoms with Crippen LogP contribution < -0.4 is 11.1 Å². The third kappa shape index (κ3) is 4.18. The molecule has 0 radical (unpaired) electrons. The largest absolute Gasteiger partial charge is 0.369 e. The van der Waals surface area contributed by atoms with Crippen LogP contribution in [-0.2, 0) is 9.59 Å². The topological polar surface area (TPSA) is 78.7 Å². The van der Waals surface area contributed by atoms with Gasteiger partial charge in [0.25, 0.3) is 0 Å². The highest BCUT2D eigenvalue weighted by atomic mass is 16.2. The van der Waals surface area contributed by atoms with Gasteiger partial charge in [-0.3, -0.25) is 14.5 Å². The summed E-state index contributed by atoms with van der Waals surface area (Å²) in [7, 11) is 0. The smallest absolute Gasteiger partial charge is 0.231 e. The molecule has 0 aliphatic carbocycles. The first-order valence-corrected chi connectivity index (χ1v) is 7.59. The Balaban J connectivity index is 1.86. The Bertz CT molecular complexity index is 361. The van der Waals surface area contributed by atoms with E-state index in [4.69, 9.17) is 5.73 Å². The SMILES string of the molecule is CC1CC(C(=O)N2CCCN(CC(N)=O)CC2)CCN1. The molecule has 2 saturated heterocycles. The fourth-order valence-electron chi connectivity index (χ4n) is 3.18. The van der Waals surface area contributed by atoms with Crippen LogP contribution in [0.5, 0.6) is 0 Å². The first-order chi connectivity index (χ1) is 9.56. The lowest BCUT2D eigenvalue weighted by Crippen LogP contribution is -2.45. The Kier molecular flexibility index (Phi) is 5.37. The first kappa shape index (κ1) is 15.3. The molecule has 2 atom stereocenters. The van der Waals surface area contributed by atoms with E-state index in [1.807, 2.05) is 9.80 Å². The Morgan fingerprint density at radius 1 is 1.25 bits per heavy atom. The molecule has 114 valence electrons. The van der Waals surface area contributed by atoms with Crippen LogP contribution >= 0.6 is 0 Å². The molecule has 2 fully saturated rings. The standard InChI is InChI=1S/C14H26N4O2/c1-11-9-12(3-4-16-11)14(20)18-6-2-5-17(7-8-18)10-13(15)19/h11-12,16H,2-10H2,1H3,(H2,15,19). The number of nitrogens with zero attached hydrogens (tertiary/aromatic N) is 2. The average molecular weight is 282 g/mol. The van der Waals surface area contributed by atoms with Crippen LogP contribution in [0.1, 0.15) is 26.2 Å². The molecule has 3 N–H and O–H groups in total. The number of carbonyl (C=O) groups is 2. The lowest BCUT2D eigenvalue weighted by Gasteiger charge is -2.31.